The minimum Gasteiger partial charge on any atom is -0.356 e. The Morgan fingerprint density at radius 2 is 1.94 bits per heavy atom. The third-order valence-corrected chi connectivity index (χ3v) is 6.73. The third-order valence-electron chi connectivity index (χ3n) is 6.73. The van der Waals surface area contributed by atoms with E-state index in [0.29, 0.717) is 12.1 Å². The summed E-state index contributed by atoms with van der Waals surface area (Å²) in [6.45, 7) is 5.45. The zero-order valence-electron chi connectivity index (χ0n) is 19.2. The zero-order valence-corrected chi connectivity index (χ0v) is 19.2. The van der Waals surface area contributed by atoms with Gasteiger partial charge < -0.3 is 9.80 Å². The standard InChI is InChI=1S/C26H30N6O/c1-19-23-8-5-15-31(17-11-22-7-2-3-12-28-22)25(23)30-24(29-19)21-6-4-16-32(18-21)26(33)20-9-13-27-14-10-20/h2-3,7,9-10,12-14,21H,4-6,8,11,15-18H2,1H3/t21-/m0/s1. The number of hydrogen-bond donors (Lipinski definition) is 0. The summed E-state index contributed by atoms with van der Waals surface area (Å²) < 4.78 is 0. The Morgan fingerprint density at radius 1 is 1.06 bits per heavy atom. The van der Waals surface area contributed by atoms with Crippen LogP contribution in [0.2, 0.25) is 0 Å². The van der Waals surface area contributed by atoms with Crippen molar-refractivity contribution in [3.63, 3.8) is 0 Å². The van der Waals surface area contributed by atoms with Crippen LogP contribution in [0, 0.1) is 6.92 Å². The number of anilines is 1. The maximum atomic E-state index is 13.0. The van der Waals surface area contributed by atoms with Gasteiger partial charge >= 0.3 is 0 Å². The lowest BCUT2D eigenvalue weighted by Crippen LogP contribution is -2.40. The van der Waals surface area contributed by atoms with Gasteiger partial charge in [-0.1, -0.05) is 6.07 Å². The molecule has 0 aromatic carbocycles. The minimum atomic E-state index is 0.0637. The van der Waals surface area contributed by atoms with Gasteiger partial charge in [-0.25, -0.2) is 9.97 Å². The highest BCUT2D eigenvalue weighted by atomic mass is 16.2. The van der Waals surface area contributed by atoms with Gasteiger partial charge in [-0.05, 0) is 56.9 Å². The fourth-order valence-corrected chi connectivity index (χ4v) is 4.95. The highest BCUT2D eigenvalue weighted by Crippen LogP contribution is 2.32. The Bertz CT molecular complexity index is 1100. The Hall–Kier alpha value is -3.35. The molecular weight excluding hydrogens is 412 g/mol. The van der Waals surface area contributed by atoms with Crippen LogP contribution in [0.4, 0.5) is 5.82 Å². The maximum Gasteiger partial charge on any atom is 0.253 e. The predicted octanol–water partition coefficient (Wildman–Crippen LogP) is 3.59. The number of likely N-dealkylation sites (tertiary alicyclic amines) is 1. The number of pyridine rings is 2. The second kappa shape index (κ2) is 9.65. The largest absolute Gasteiger partial charge is 0.356 e. The molecule has 0 aliphatic carbocycles. The first-order valence-corrected chi connectivity index (χ1v) is 11.9. The molecule has 5 rings (SSSR count). The number of amides is 1. The number of aromatic nitrogens is 4. The molecule has 5 heterocycles. The molecule has 1 saturated heterocycles. The van der Waals surface area contributed by atoms with Gasteiger partial charge in [0.15, 0.2) is 0 Å². The van der Waals surface area contributed by atoms with Crippen LogP contribution in [0.3, 0.4) is 0 Å². The van der Waals surface area contributed by atoms with Crippen LogP contribution in [0.5, 0.6) is 0 Å². The molecule has 0 unspecified atom stereocenters. The van der Waals surface area contributed by atoms with Gasteiger partial charge in [0.1, 0.15) is 11.6 Å². The van der Waals surface area contributed by atoms with Crippen molar-refractivity contribution in [1.29, 1.82) is 0 Å². The van der Waals surface area contributed by atoms with Crippen LogP contribution in [0.1, 0.15) is 58.3 Å². The zero-order chi connectivity index (χ0) is 22.6. The summed E-state index contributed by atoms with van der Waals surface area (Å²) in [5, 5.41) is 0. The Morgan fingerprint density at radius 3 is 2.76 bits per heavy atom. The maximum absolute atomic E-state index is 13.0. The number of rotatable bonds is 5. The molecule has 2 aliphatic heterocycles. The number of carbonyl (C=O) groups excluding carboxylic acids is 1. The molecule has 0 spiro atoms. The number of hydrogen-bond acceptors (Lipinski definition) is 6. The van der Waals surface area contributed by atoms with E-state index in [4.69, 9.17) is 9.97 Å². The van der Waals surface area contributed by atoms with Gasteiger partial charge in [0, 0.05) is 79.6 Å². The molecule has 3 aromatic heterocycles. The first kappa shape index (κ1) is 21.5. The molecule has 33 heavy (non-hydrogen) atoms. The SMILES string of the molecule is Cc1nc([C@H]2CCCN(C(=O)c3ccncc3)C2)nc2c1CCCN2CCc1ccccn1. The van der Waals surface area contributed by atoms with Crippen LogP contribution in [0.25, 0.3) is 0 Å². The van der Waals surface area contributed by atoms with Crippen LogP contribution >= 0.6 is 0 Å². The second-order valence-electron chi connectivity index (χ2n) is 8.96. The monoisotopic (exact) mass is 442 g/mol. The molecule has 7 nitrogen and oxygen atoms in total. The number of nitrogens with zero attached hydrogens (tertiary/aromatic N) is 6. The molecule has 0 bridgehead atoms. The quantitative estimate of drug-likeness (QED) is 0.601. The molecule has 2 aliphatic rings. The molecule has 0 saturated carbocycles. The average molecular weight is 443 g/mol. The van der Waals surface area contributed by atoms with E-state index < -0.39 is 0 Å². The van der Waals surface area contributed by atoms with Crippen molar-refractivity contribution in [3.05, 3.63) is 77.3 Å². The molecule has 170 valence electrons. The summed E-state index contributed by atoms with van der Waals surface area (Å²) in [4.78, 5) is 35.9. The summed E-state index contributed by atoms with van der Waals surface area (Å²) in [5.41, 5.74) is 4.14. The van der Waals surface area contributed by atoms with Gasteiger partial charge in [-0.3, -0.25) is 14.8 Å². The summed E-state index contributed by atoms with van der Waals surface area (Å²) in [7, 11) is 0. The van der Waals surface area contributed by atoms with E-state index in [1.165, 1.54) is 5.56 Å². The van der Waals surface area contributed by atoms with Crippen molar-refractivity contribution in [3.8, 4) is 0 Å². The molecule has 7 heteroatoms. The van der Waals surface area contributed by atoms with Crippen molar-refractivity contribution in [2.45, 2.75) is 44.9 Å². The van der Waals surface area contributed by atoms with E-state index in [2.05, 4.69) is 27.9 Å². The van der Waals surface area contributed by atoms with Gasteiger partial charge in [0.25, 0.3) is 5.91 Å². The molecular formula is C26H30N6O. The van der Waals surface area contributed by atoms with Crippen molar-refractivity contribution in [1.82, 2.24) is 24.8 Å². The Balaban J connectivity index is 1.35. The fourth-order valence-electron chi connectivity index (χ4n) is 4.95. The molecule has 0 radical (unpaired) electrons. The molecule has 1 atom stereocenters. The summed E-state index contributed by atoms with van der Waals surface area (Å²) in [5.74, 6) is 2.18. The highest BCUT2D eigenvalue weighted by Gasteiger charge is 2.29. The molecule has 0 N–H and O–H groups in total. The summed E-state index contributed by atoms with van der Waals surface area (Å²) >= 11 is 0. The summed E-state index contributed by atoms with van der Waals surface area (Å²) in [6, 6.07) is 9.64. The highest BCUT2D eigenvalue weighted by molar-refractivity contribution is 5.94. The lowest BCUT2D eigenvalue weighted by atomic mass is 9.95. The molecule has 3 aromatic rings. The molecule has 1 fully saturated rings. The van der Waals surface area contributed by atoms with Gasteiger partial charge in [0.05, 0.1) is 0 Å². The van der Waals surface area contributed by atoms with Crippen molar-refractivity contribution in [2.75, 3.05) is 31.1 Å². The van der Waals surface area contributed by atoms with Crippen LogP contribution in [-0.2, 0) is 12.8 Å². The van der Waals surface area contributed by atoms with Crippen molar-refractivity contribution < 1.29 is 4.79 Å². The number of piperidine rings is 1. The van der Waals surface area contributed by atoms with E-state index in [9.17, 15) is 4.79 Å². The van der Waals surface area contributed by atoms with E-state index in [-0.39, 0.29) is 11.8 Å². The number of aryl methyl sites for hydroxylation is 1. The van der Waals surface area contributed by atoms with Crippen LogP contribution in [0.15, 0.2) is 48.9 Å². The lowest BCUT2D eigenvalue weighted by Gasteiger charge is -2.34. The molecule has 1 amide bonds. The topological polar surface area (TPSA) is 75.1 Å². The van der Waals surface area contributed by atoms with E-state index in [1.807, 2.05) is 23.2 Å². The van der Waals surface area contributed by atoms with E-state index in [1.54, 1.807) is 24.5 Å². The minimum absolute atomic E-state index is 0.0637. The number of carbonyl (C=O) groups is 1. The fraction of sp³-hybridized carbons (Fsp3) is 0.423. The normalized spacial score (nSPS) is 18.2. The number of fused-ring (bicyclic) bond motifs is 1. The van der Waals surface area contributed by atoms with E-state index >= 15 is 0 Å². The van der Waals surface area contributed by atoms with Crippen molar-refractivity contribution >= 4 is 11.7 Å². The third kappa shape index (κ3) is 4.72. The van der Waals surface area contributed by atoms with E-state index in [0.717, 1.165) is 74.8 Å². The lowest BCUT2D eigenvalue weighted by molar-refractivity contribution is 0.0704. The average Bonchev–Trinajstić information content (AvgIpc) is 2.88. The van der Waals surface area contributed by atoms with Gasteiger partial charge in [-0.15, -0.1) is 0 Å². The predicted molar refractivity (Wildman–Crippen MR) is 127 cm³/mol. The Kier molecular flexibility index (Phi) is 6.28. The second-order valence-corrected chi connectivity index (χ2v) is 8.96. The van der Waals surface area contributed by atoms with Crippen molar-refractivity contribution in [2.24, 2.45) is 0 Å². The first-order valence-electron chi connectivity index (χ1n) is 11.9. The summed E-state index contributed by atoms with van der Waals surface area (Å²) in [6.07, 6.45) is 10.2. The van der Waals surface area contributed by atoms with Crippen LogP contribution in [-0.4, -0.2) is 56.9 Å². The van der Waals surface area contributed by atoms with Gasteiger partial charge in [0.2, 0.25) is 0 Å². The smallest absolute Gasteiger partial charge is 0.253 e. The first-order chi connectivity index (χ1) is 16.2. The Labute approximate surface area is 194 Å². The van der Waals surface area contributed by atoms with Crippen LogP contribution < -0.4 is 4.90 Å². The van der Waals surface area contributed by atoms with Gasteiger partial charge in [-0.2, -0.15) is 0 Å².